The van der Waals surface area contributed by atoms with Gasteiger partial charge in [-0.3, -0.25) is 4.79 Å². The van der Waals surface area contributed by atoms with Crippen molar-refractivity contribution in [3.8, 4) is 5.75 Å². The molecule has 5 heteroatoms. The van der Waals surface area contributed by atoms with Gasteiger partial charge in [0.2, 0.25) is 0 Å². The second kappa shape index (κ2) is 7.87. The summed E-state index contributed by atoms with van der Waals surface area (Å²) >= 11 is 0. The molecule has 3 rings (SSSR count). The Bertz CT molecular complexity index is 963. The van der Waals surface area contributed by atoms with E-state index >= 15 is 0 Å². The van der Waals surface area contributed by atoms with Crippen LogP contribution in [0.5, 0.6) is 5.75 Å². The SMILES string of the molecule is CCCc1cc(=O)oc2cc(OCC(=O)N(C)c3ccccc3)ccc12. The van der Waals surface area contributed by atoms with Gasteiger partial charge in [0.25, 0.3) is 5.91 Å². The topological polar surface area (TPSA) is 59.8 Å². The van der Waals surface area contributed by atoms with Crippen LogP contribution in [0.25, 0.3) is 11.0 Å². The van der Waals surface area contributed by atoms with Crippen molar-refractivity contribution in [2.75, 3.05) is 18.6 Å². The lowest BCUT2D eigenvalue weighted by Crippen LogP contribution is -2.31. The largest absolute Gasteiger partial charge is 0.484 e. The second-order valence-electron chi connectivity index (χ2n) is 6.08. The number of benzene rings is 2. The van der Waals surface area contributed by atoms with Crippen LogP contribution >= 0.6 is 0 Å². The monoisotopic (exact) mass is 351 g/mol. The normalized spacial score (nSPS) is 10.7. The summed E-state index contributed by atoms with van der Waals surface area (Å²) in [6.45, 7) is 1.96. The fourth-order valence-electron chi connectivity index (χ4n) is 2.81. The summed E-state index contributed by atoms with van der Waals surface area (Å²) in [5.41, 5.74) is 1.86. The van der Waals surface area contributed by atoms with Crippen molar-refractivity contribution in [1.82, 2.24) is 0 Å². The number of hydrogen-bond acceptors (Lipinski definition) is 4. The van der Waals surface area contributed by atoms with E-state index in [1.807, 2.05) is 36.4 Å². The van der Waals surface area contributed by atoms with Gasteiger partial charge in [0.05, 0.1) is 0 Å². The zero-order valence-corrected chi connectivity index (χ0v) is 14.9. The van der Waals surface area contributed by atoms with Crippen molar-refractivity contribution >= 4 is 22.6 Å². The number of likely N-dealkylation sites (N-methyl/N-ethyl adjacent to an activating group) is 1. The quantitative estimate of drug-likeness (QED) is 0.634. The molecule has 0 atom stereocenters. The number of rotatable bonds is 6. The molecular formula is C21H21NO4. The van der Waals surface area contributed by atoms with Gasteiger partial charge in [0, 0.05) is 30.3 Å². The first-order valence-corrected chi connectivity index (χ1v) is 8.59. The van der Waals surface area contributed by atoms with Crippen LogP contribution < -0.4 is 15.3 Å². The number of carbonyl (C=O) groups is 1. The standard InChI is InChI=1S/C21H21NO4/c1-3-7-15-12-21(24)26-19-13-17(10-11-18(15)19)25-14-20(23)22(2)16-8-5-4-6-9-16/h4-6,8-13H,3,7,14H2,1-2H3. The van der Waals surface area contributed by atoms with Crippen LogP contribution in [0.3, 0.4) is 0 Å². The number of hydrogen-bond donors (Lipinski definition) is 0. The maximum absolute atomic E-state index is 12.3. The lowest BCUT2D eigenvalue weighted by Gasteiger charge is -2.17. The maximum atomic E-state index is 12.3. The highest BCUT2D eigenvalue weighted by Crippen LogP contribution is 2.23. The molecule has 0 unspecified atom stereocenters. The highest BCUT2D eigenvalue weighted by molar-refractivity contribution is 5.94. The van der Waals surface area contributed by atoms with Crippen molar-refractivity contribution in [3.05, 3.63) is 70.6 Å². The van der Waals surface area contributed by atoms with E-state index in [1.54, 1.807) is 24.1 Å². The van der Waals surface area contributed by atoms with Gasteiger partial charge >= 0.3 is 5.63 Å². The molecule has 1 amide bonds. The molecule has 0 fully saturated rings. The maximum Gasteiger partial charge on any atom is 0.336 e. The van der Waals surface area contributed by atoms with Crippen LogP contribution in [0.4, 0.5) is 5.69 Å². The molecule has 5 nitrogen and oxygen atoms in total. The molecule has 1 heterocycles. The van der Waals surface area contributed by atoms with Gasteiger partial charge in [-0.05, 0) is 36.2 Å². The minimum absolute atomic E-state index is 0.101. The van der Waals surface area contributed by atoms with Crippen LogP contribution in [-0.4, -0.2) is 19.6 Å². The van der Waals surface area contributed by atoms with Gasteiger partial charge in [-0.2, -0.15) is 0 Å². The van der Waals surface area contributed by atoms with Crippen LogP contribution in [-0.2, 0) is 11.2 Å². The first kappa shape index (κ1) is 17.7. The van der Waals surface area contributed by atoms with Crippen LogP contribution in [0, 0.1) is 0 Å². The molecule has 2 aromatic carbocycles. The zero-order valence-electron chi connectivity index (χ0n) is 14.9. The molecule has 0 aliphatic heterocycles. The Kier molecular flexibility index (Phi) is 5.37. The van der Waals surface area contributed by atoms with Crippen molar-refractivity contribution in [2.24, 2.45) is 0 Å². The average Bonchev–Trinajstić information content (AvgIpc) is 2.66. The molecule has 0 aliphatic rings. The highest BCUT2D eigenvalue weighted by atomic mass is 16.5. The highest BCUT2D eigenvalue weighted by Gasteiger charge is 2.12. The number of para-hydroxylation sites is 1. The van der Waals surface area contributed by atoms with E-state index in [4.69, 9.17) is 9.15 Å². The molecule has 26 heavy (non-hydrogen) atoms. The van der Waals surface area contributed by atoms with Gasteiger partial charge in [-0.1, -0.05) is 31.5 Å². The Balaban J connectivity index is 1.75. The second-order valence-corrected chi connectivity index (χ2v) is 6.08. The molecule has 0 bridgehead atoms. The van der Waals surface area contributed by atoms with E-state index in [0.717, 1.165) is 29.5 Å². The van der Waals surface area contributed by atoms with Gasteiger partial charge in [0.1, 0.15) is 11.3 Å². The zero-order chi connectivity index (χ0) is 18.5. The van der Waals surface area contributed by atoms with Crippen molar-refractivity contribution in [3.63, 3.8) is 0 Å². The van der Waals surface area contributed by atoms with Crippen LogP contribution in [0.1, 0.15) is 18.9 Å². The van der Waals surface area contributed by atoms with Crippen LogP contribution in [0.15, 0.2) is 63.8 Å². The summed E-state index contributed by atoms with van der Waals surface area (Å²) in [6, 6.07) is 16.2. The third kappa shape index (κ3) is 3.94. The van der Waals surface area contributed by atoms with E-state index in [1.165, 1.54) is 6.07 Å². The third-order valence-electron chi connectivity index (χ3n) is 4.20. The van der Waals surface area contributed by atoms with Crippen molar-refractivity contribution < 1.29 is 13.9 Å². The molecule has 3 aromatic rings. The Hall–Kier alpha value is -3.08. The van der Waals surface area contributed by atoms with Crippen LogP contribution in [0.2, 0.25) is 0 Å². The number of anilines is 1. The third-order valence-corrected chi connectivity index (χ3v) is 4.20. The minimum Gasteiger partial charge on any atom is -0.484 e. The Morgan fingerprint density at radius 1 is 1.12 bits per heavy atom. The van der Waals surface area contributed by atoms with E-state index in [2.05, 4.69) is 6.92 Å². The lowest BCUT2D eigenvalue weighted by molar-refractivity contribution is -0.120. The molecule has 0 spiro atoms. The van der Waals surface area contributed by atoms with E-state index in [-0.39, 0.29) is 18.1 Å². The van der Waals surface area contributed by atoms with Gasteiger partial charge in [-0.25, -0.2) is 4.79 Å². The summed E-state index contributed by atoms with van der Waals surface area (Å²) in [7, 11) is 1.71. The number of aryl methyl sites for hydroxylation is 1. The van der Waals surface area contributed by atoms with Gasteiger partial charge in [-0.15, -0.1) is 0 Å². The fourth-order valence-corrected chi connectivity index (χ4v) is 2.81. The first-order chi connectivity index (χ1) is 12.6. The summed E-state index contributed by atoms with van der Waals surface area (Å²) in [6.07, 6.45) is 1.75. The molecule has 0 N–H and O–H groups in total. The number of carbonyl (C=O) groups excluding carboxylic acids is 1. The Labute approximate surface area is 151 Å². The smallest absolute Gasteiger partial charge is 0.336 e. The molecule has 134 valence electrons. The van der Waals surface area contributed by atoms with E-state index in [0.29, 0.717) is 11.3 Å². The average molecular weight is 351 g/mol. The summed E-state index contributed by atoms with van der Waals surface area (Å²) < 4.78 is 10.9. The predicted octanol–water partition coefficient (Wildman–Crippen LogP) is 3.79. The molecule has 0 saturated carbocycles. The number of amides is 1. The molecule has 0 radical (unpaired) electrons. The van der Waals surface area contributed by atoms with Crippen molar-refractivity contribution in [1.29, 1.82) is 0 Å². The van der Waals surface area contributed by atoms with Crippen molar-refractivity contribution in [2.45, 2.75) is 19.8 Å². The molecule has 0 saturated heterocycles. The summed E-state index contributed by atoms with van der Waals surface area (Å²) in [4.78, 5) is 25.6. The Morgan fingerprint density at radius 2 is 1.88 bits per heavy atom. The number of ether oxygens (including phenoxy) is 1. The van der Waals surface area contributed by atoms with Gasteiger partial charge < -0.3 is 14.1 Å². The fraction of sp³-hybridized carbons (Fsp3) is 0.238. The Morgan fingerprint density at radius 3 is 2.62 bits per heavy atom. The minimum atomic E-state index is -0.377. The molecule has 1 aromatic heterocycles. The van der Waals surface area contributed by atoms with E-state index in [9.17, 15) is 9.59 Å². The number of nitrogens with zero attached hydrogens (tertiary/aromatic N) is 1. The lowest BCUT2D eigenvalue weighted by atomic mass is 10.1. The summed E-state index contributed by atoms with van der Waals surface area (Å²) in [5, 5.41) is 0.895. The molecule has 0 aliphatic carbocycles. The predicted molar refractivity (Wildman–Crippen MR) is 102 cm³/mol. The number of fused-ring (bicyclic) bond motifs is 1. The molecular weight excluding hydrogens is 330 g/mol. The van der Waals surface area contributed by atoms with E-state index < -0.39 is 0 Å². The van der Waals surface area contributed by atoms with Gasteiger partial charge in [0.15, 0.2) is 6.61 Å². The summed E-state index contributed by atoms with van der Waals surface area (Å²) in [5.74, 6) is 0.321. The first-order valence-electron chi connectivity index (χ1n) is 8.59.